The first-order valence-electron chi connectivity index (χ1n) is 5.28. The van der Waals surface area contributed by atoms with Gasteiger partial charge in [-0.15, -0.1) is 0 Å². The lowest BCUT2D eigenvalue weighted by atomic mass is 9.93. The summed E-state index contributed by atoms with van der Waals surface area (Å²) >= 11 is 0. The third kappa shape index (κ3) is 1.42. The molecule has 0 bridgehead atoms. The maximum absolute atomic E-state index is 11.8. The number of aromatic hydroxyl groups is 1. The summed E-state index contributed by atoms with van der Waals surface area (Å²) in [5.74, 6) is -0.380. The maximum Gasteiger partial charge on any atom is 0.209 e. The van der Waals surface area contributed by atoms with Crippen molar-refractivity contribution < 1.29 is 15.3 Å². The van der Waals surface area contributed by atoms with E-state index in [0.29, 0.717) is 11.3 Å². The zero-order valence-electron chi connectivity index (χ0n) is 8.90. The molecule has 0 saturated heterocycles. The summed E-state index contributed by atoms with van der Waals surface area (Å²) in [5.41, 5.74) is 2.50. The summed E-state index contributed by atoms with van der Waals surface area (Å²) in [6.07, 6.45) is -0.699. The van der Waals surface area contributed by atoms with Gasteiger partial charge >= 0.3 is 0 Å². The highest BCUT2D eigenvalue weighted by Crippen LogP contribution is 2.44. The van der Waals surface area contributed by atoms with Crippen LogP contribution in [0.4, 0.5) is 11.4 Å². The van der Waals surface area contributed by atoms with Crippen molar-refractivity contribution in [1.82, 2.24) is 0 Å². The zero-order valence-corrected chi connectivity index (χ0v) is 8.90. The van der Waals surface area contributed by atoms with Gasteiger partial charge in [0.1, 0.15) is 5.75 Å². The minimum Gasteiger partial charge on any atom is -0.872 e. The Balaban J connectivity index is 2.23. The molecule has 1 heterocycles. The predicted octanol–water partition coefficient (Wildman–Crippen LogP) is 1.34. The maximum atomic E-state index is 11.8. The van der Waals surface area contributed by atoms with Crippen molar-refractivity contribution in [3.63, 3.8) is 0 Å². The highest BCUT2D eigenvalue weighted by Gasteiger charge is 2.27. The van der Waals surface area contributed by atoms with Gasteiger partial charge in [0.2, 0.25) is 6.10 Å². The van der Waals surface area contributed by atoms with Gasteiger partial charge in [0.15, 0.2) is 0 Å². The van der Waals surface area contributed by atoms with Crippen LogP contribution in [0.1, 0.15) is 17.2 Å². The lowest BCUT2D eigenvalue weighted by molar-refractivity contribution is -0.270. The Labute approximate surface area is 97.8 Å². The topological polar surface area (TPSA) is 78.2 Å². The molecule has 3 rings (SSSR count). The molecule has 0 radical (unpaired) electrons. The molecule has 86 valence electrons. The van der Waals surface area contributed by atoms with E-state index < -0.39 is 6.10 Å². The van der Waals surface area contributed by atoms with E-state index in [1.165, 1.54) is 6.07 Å². The standard InChI is InChI=1S/C13H11NO3/c15-7-5-10-12(11(16)6-7)13(17)8-3-1-2-4-9(8)14-10/h1-6,13-17H. The van der Waals surface area contributed by atoms with Gasteiger partial charge in [0.25, 0.3) is 0 Å². The predicted molar refractivity (Wildman–Crippen MR) is 62.7 cm³/mol. The molecule has 0 amide bonds. The monoisotopic (exact) mass is 229 g/mol. The van der Waals surface area contributed by atoms with Crippen molar-refractivity contribution in [2.75, 3.05) is 5.32 Å². The van der Waals surface area contributed by atoms with E-state index in [9.17, 15) is 10.2 Å². The number of phenols is 1. The number of hydrogen-bond acceptors (Lipinski definition) is 3. The van der Waals surface area contributed by atoms with Crippen molar-refractivity contribution >= 4 is 11.4 Å². The van der Waals surface area contributed by atoms with Crippen LogP contribution in [0.25, 0.3) is 0 Å². The number of rotatable bonds is 0. The van der Waals surface area contributed by atoms with Crippen LogP contribution < -0.4 is 10.4 Å². The molecule has 4 heteroatoms. The second kappa shape index (κ2) is 3.40. The average Bonchev–Trinajstić information content (AvgIpc) is 2.28. The average molecular weight is 229 g/mol. The Hall–Kier alpha value is -2.20. The van der Waals surface area contributed by atoms with Gasteiger partial charge in [-0.1, -0.05) is 17.9 Å². The molecule has 4 N–H and O–H groups in total. The smallest absolute Gasteiger partial charge is 0.209 e. The first-order chi connectivity index (χ1) is 8.16. The van der Waals surface area contributed by atoms with Crippen LogP contribution in [0.15, 0.2) is 36.4 Å². The van der Waals surface area contributed by atoms with Gasteiger partial charge in [0.05, 0.1) is 22.5 Å². The largest absolute Gasteiger partial charge is 0.872 e. The molecule has 1 aliphatic heterocycles. The first-order valence-corrected chi connectivity index (χ1v) is 5.28. The van der Waals surface area contributed by atoms with Crippen molar-refractivity contribution in [2.24, 2.45) is 0 Å². The van der Waals surface area contributed by atoms with Gasteiger partial charge in [-0.3, -0.25) is 0 Å². The Kier molecular flexibility index (Phi) is 2.00. The molecule has 0 saturated carbocycles. The van der Waals surface area contributed by atoms with Crippen LogP contribution in [-0.4, -0.2) is 10.2 Å². The third-order valence-electron chi connectivity index (χ3n) is 2.96. The Morgan fingerprint density at radius 1 is 1.18 bits per heavy atom. The summed E-state index contributed by atoms with van der Waals surface area (Å²) in [4.78, 5) is 0. The van der Waals surface area contributed by atoms with Crippen molar-refractivity contribution in [1.29, 1.82) is 0 Å². The van der Waals surface area contributed by atoms with Crippen molar-refractivity contribution in [3.05, 3.63) is 47.5 Å². The van der Waals surface area contributed by atoms with Crippen LogP contribution in [0.2, 0.25) is 0 Å². The molecule has 0 spiro atoms. The molecule has 1 aliphatic rings. The number of para-hydroxylation sites is 1. The number of phenolic OH excluding ortho intramolecular Hbond substituents is 1. The molecule has 0 fully saturated rings. The fraction of sp³-hybridized carbons (Fsp3) is 0.0769. The highest BCUT2D eigenvalue weighted by molar-refractivity contribution is 5.76. The second-order valence-corrected chi connectivity index (χ2v) is 4.05. The minimum absolute atomic E-state index is 0.0761. The number of benzene rings is 2. The third-order valence-corrected chi connectivity index (χ3v) is 2.96. The van der Waals surface area contributed by atoms with Gasteiger partial charge in [-0.2, -0.15) is 0 Å². The number of nitrogens with one attached hydrogen (secondary N) is 1. The van der Waals surface area contributed by atoms with Crippen LogP contribution >= 0.6 is 0 Å². The fourth-order valence-electron chi connectivity index (χ4n) is 2.18. The molecule has 0 aliphatic carbocycles. The summed E-state index contributed by atoms with van der Waals surface area (Å²) in [6, 6.07) is 10.0. The minimum atomic E-state index is -0.699. The molecule has 2 aromatic rings. The molecular formula is C13H11NO3. The Bertz CT molecular complexity index is 595. The van der Waals surface area contributed by atoms with Gasteiger partial charge in [0, 0.05) is 6.07 Å². The number of anilines is 2. The van der Waals surface area contributed by atoms with Gasteiger partial charge in [-0.05, 0) is 18.2 Å². The molecule has 0 aromatic heterocycles. The zero-order chi connectivity index (χ0) is 12.0. The Morgan fingerprint density at radius 3 is 2.76 bits per heavy atom. The molecule has 1 atom stereocenters. The van der Waals surface area contributed by atoms with Crippen LogP contribution in [0.3, 0.4) is 0 Å². The van der Waals surface area contributed by atoms with E-state index in [4.69, 9.17) is 5.11 Å². The number of fused-ring (bicyclic) bond motifs is 2. The van der Waals surface area contributed by atoms with Crippen LogP contribution in [0, 0.1) is 0 Å². The van der Waals surface area contributed by atoms with Crippen molar-refractivity contribution in [2.45, 2.75) is 6.10 Å². The first kappa shape index (κ1) is 9.99. The van der Waals surface area contributed by atoms with E-state index in [1.807, 2.05) is 24.3 Å². The molecule has 4 nitrogen and oxygen atoms in total. The van der Waals surface area contributed by atoms with E-state index >= 15 is 0 Å². The lowest BCUT2D eigenvalue weighted by Gasteiger charge is -2.27. The molecule has 2 aromatic carbocycles. The molecule has 1 unspecified atom stereocenters. The van der Waals surface area contributed by atoms with E-state index in [2.05, 4.69) is 5.32 Å². The lowest BCUT2D eigenvalue weighted by Crippen LogP contribution is -2.14. The van der Waals surface area contributed by atoms with Crippen LogP contribution in [-0.2, 0) is 0 Å². The van der Waals surface area contributed by atoms with E-state index in [-0.39, 0.29) is 11.5 Å². The summed E-state index contributed by atoms with van der Waals surface area (Å²) < 4.78 is 0. The summed E-state index contributed by atoms with van der Waals surface area (Å²) in [6.45, 7) is 0. The van der Waals surface area contributed by atoms with Gasteiger partial charge in [-0.25, -0.2) is 0 Å². The van der Waals surface area contributed by atoms with Crippen molar-refractivity contribution in [3.8, 4) is 11.5 Å². The normalized spacial score (nSPS) is 16.9. The Morgan fingerprint density at radius 2 is 1.94 bits per heavy atom. The van der Waals surface area contributed by atoms with E-state index in [1.54, 1.807) is 0 Å². The van der Waals surface area contributed by atoms with Gasteiger partial charge < -0.3 is 20.6 Å². The van der Waals surface area contributed by atoms with Crippen LogP contribution in [0.5, 0.6) is 11.5 Å². The quantitative estimate of drug-likeness (QED) is 0.669. The fourth-order valence-corrected chi connectivity index (χ4v) is 2.18. The van der Waals surface area contributed by atoms with E-state index in [0.717, 1.165) is 17.3 Å². The highest BCUT2D eigenvalue weighted by atomic mass is 16.3. The molecule has 17 heavy (non-hydrogen) atoms. The second-order valence-electron chi connectivity index (χ2n) is 4.05. The number of hydrogen-bond donors (Lipinski definition) is 2. The summed E-state index contributed by atoms with van der Waals surface area (Å²) in [7, 11) is 0. The molecular weight excluding hydrogens is 218 g/mol. The SMILES string of the molecule is [O-]c1cc(O)cc2c1C([OH2+])c1ccccc1N2. The summed E-state index contributed by atoms with van der Waals surface area (Å²) in [5, 5.41) is 32.4.